The van der Waals surface area contributed by atoms with Crippen LogP contribution in [0.5, 0.6) is 0 Å². The molecule has 1 atom stereocenters. The molecule has 2 aromatic heterocycles. The number of rotatable bonds is 5. The molecule has 0 saturated carbocycles. The molecule has 2 rings (SSSR count). The van der Waals surface area contributed by atoms with Crippen LogP contribution in [0, 0.1) is 6.92 Å². The van der Waals surface area contributed by atoms with Gasteiger partial charge in [-0.05, 0) is 6.92 Å². The summed E-state index contributed by atoms with van der Waals surface area (Å²) in [7, 11) is 3.43. The molecule has 0 aliphatic heterocycles. The van der Waals surface area contributed by atoms with Crippen molar-refractivity contribution in [3.63, 3.8) is 0 Å². The van der Waals surface area contributed by atoms with E-state index in [9.17, 15) is 5.11 Å². The monoisotopic (exact) mass is 284 g/mol. The Morgan fingerprint density at radius 1 is 1.53 bits per heavy atom. The van der Waals surface area contributed by atoms with Crippen molar-refractivity contribution in [2.45, 2.75) is 19.6 Å². The number of aromatic nitrogens is 4. The first-order chi connectivity index (χ1) is 9.04. The lowest BCUT2D eigenvalue weighted by atomic mass is 10.1. The van der Waals surface area contributed by atoms with Gasteiger partial charge in [-0.2, -0.15) is 10.2 Å². The maximum atomic E-state index is 10.5. The van der Waals surface area contributed by atoms with Gasteiger partial charge < -0.3 is 9.84 Å². The molecule has 0 bridgehead atoms. The first-order valence-corrected chi connectivity index (χ1v) is 6.30. The number of aryl methyl sites for hydroxylation is 2. The Morgan fingerprint density at radius 2 is 2.26 bits per heavy atom. The van der Waals surface area contributed by atoms with E-state index < -0.39 is 6.10 Å². The highest BCUT2D eigenvalue weighted by atomic mass is 35.5. The standard InChI is InChI=1S/C12H17ClN4O2/c1-8-9(7-16(2)15-8)12(18)11-10(13)6-14-17(11)4-5-19-3/h6-7,12,18H,4-5H2,1-3H3. The van der Waals surface area contributed by atoms with Gasteiger partial charge in [-0.3, -0.25) is 9.36 Å². The van der Waals surface area contributed by atoms with Gasteiger partial charge in [-0.15, -0.1) is 0 Å². The maximum Gasteiger partial charge on any atom is 0.125 e. The molecule has 2 heterocycles. The number of ether oxygens (including phenoxy) is 1. The molecule has 0 aromatic carbocycles. The lowest BCUT2D eigenvalue weighted by Crippen LogP contribution is -2.13. The summed E-state index contributed by atoms with van der Waals surface area (Å²) in [5.74, 6) is 0. The first kappa shape index (κ1) is 14.0. The third kappa shape index (κ3) is 2.80. The summed E-state index contributed by atoms with van der Waals surface area (Å²) < 4.78 is 8.34. The summed E-state index contributed by atoms with van der Waals surface area (Å²) in [6.45, 7) is 2.89. The van der Waals surface area contributed by atoms with Gasteiger partial charge in [-0.1, -0.05) is 11.6 Å². The van der Waals surface area contributed by atoms with Crippen molar-refractivity contribution in [3.05, 3.63) is 34.4 Å². The summed E-state index contributed by atoms with van der Waals surface area (Å²) in [6, 6.07) is 0. The Balaban J connectivity index is 2.35. The van der Waals surface area contributed by atoms with Crippen molar-refractivity contribution in [1.82, 2.24) is 19.6 Å². The van der Waals surface area contributed by atoms with E-state index >= 15 is 0 Å². The molecule has 0 spiro atoms. The molecule has 19 heavy (non-hydrogen) atoms. The molecule has 6 nitrogen and oxygen atoms in total. The number of aliphatic hydroxyl groups excluding tert-OH is 1. The van der Waals surface area contributed by atoms with Crippen LogP contribution in [0.1, 0.15) is 23.1 Å². The van der Waals surface area contributed by atoms with E-state index in [0.29, 0.717) is 23.9 Å². The maximum absolute atomic E-state index is 10.5. The molecule has 2 aromatic rings. The second-order valence-corrected chi connectivity index (χ2v) is 4.75. The molecule has 0 amide bonds. The van der Waals surface area contributed by atoms with E-state index in [1.54, 1.807) is 22.7 Å². The molecule has 0 fully saturated rings. The Kier molecular flexibility index (Phi) is 4.24. The van der Waals surface area contributed by atoms with E-state index in [1.165, 1.54) is 6.20 Å². The topological polar surface area (TPSA) is 65.1 Å². The van der Waals surface area contributed by atoms with Crippen LogP contribution in [0.25, 0.3) is 0 Å². The van der Waals surface area contributed by atoms with Crippen molar-refractivity contribution >= 4 is 11.6 Å². The third-order valence-electron chi connectivity index (χ3n) is 2.95. The van der Waals surface area contributed by atoms with Crippen molar-refractivity contribution in [2.24, 2.45) is 7.05 Å². The van der Waals surface area contributed by atoms with Crippen LogP contribution >= 0.6 is 11.6 Å². The zero-order valence-corrected chi connectivity index (χ0v) is 11.9. The average Bonchev–Trinajstić information content (AvgIpc) is 2.89. The average molecular weight is 285 g/mol. The normalized spacial score (nSPS) is 12.9. The van der Waals surface area contributed by atoms with Gasteiger partial charge in [0.25, 0.3) is 0 Å². The summed E-state index contributed by atoms with van der Waals surface area (Å²) in [5.41, 5.74) is 2.06. The highest BCUT2D eigenvalue weighted by Gasteiger charge is 2.23. The van der Waals surface area contributed by atoms with Crippen LogP contribution in [-0.2, 0) is 18.3 Å². The zero-order chi connectivity index (χ0) is 14.0. The van der Waals surface area contributed by atoms with Crippen molar-refractivity contribution in [2.75, 3.05) is 13.7 Å². The molecule has 0 aliphatic rings. The number of nitrogens with zero attached hydrogens (tertiary/aromatic N) is 4. The van der Waals surface area contributed by atoms with Crippen LogP contribution in [-0.4, -0.2) is 38.4 Å². The fraction of sp³-hybridized carbons (Fsp3) is 0.500. The summed E-state index contributed by atoms with van der Waals surface area (Å²) >= 11 is 6.12. The number of aliphatic hydroxyl groups is 1. The van der Waals surface area contributed by atoms with E-state index in [0.717, 1.165) is 11.3 Å². The highest BCUT2D eigenvalue weighted by molar-refractivity contribution is 6.31. The van der Waals surface area contributed by atoms with Gasteiger partial charge in [0.05, 0.1) is 35.8 Å². The van der Waals surface area contributed by atoms with Crippen LogP contribution in [0.3, 0.4) is 0 Å². The fourth-order valence-corrected chi connectivity index (χ4v) is 2.28. The molecule has 0 saturated heterocycles. The molecule has 104 valence electrons. The van der Waals surface area contributed by atoms with Gasteiger partial charge in [0, 0.05) is 25.9 Å². The zero-order valence-electron chi connectivity index (χ0n) is 11.2. The number of methoxy groups -OCH3 is 1. The predicted octanol–water partition coefficient (Wildman–Crippen LogP) is 1.31. The van der Waals surface area contributed by atoms with E-state index in [-0.39, 0.29) is 0 Å². The smallest absolute Gasteiger partial charge is 0.125 e. The SMILES string of the molecule is COCCn1ncc(Cl)c1C(O)c1cn(C)nc1C. The van der Waals surface area contributed by atoms with Crippen LogP contribution in [0.2, 0.25) is 5.02 Å². The molecule has 0 radical (unpaired) electrons. The minimum Gasteiger partial charge on any atom is -0.383 e. The minimum atomic E-state index is -0.847. The number of hydrogen-bond donors (Lipinski definition) is 1. The Morgan fingerprint density at radius 3 is 2.84 bits per heavy atom. The molecule has 1 N–H and O–H groups in total. The Hall–Kier alpha value is -1.37. The van der Waals surface area contributed by atoms with Crippen molar-refractivity contribution in [3.8, 4) is 0 Å². The van der Waals surface area contributed by atoms with Crippen molar-refractivity contribution in [1.29, 1.82) is 0 Å². The lowest BCUT2D eigenvalue weighted by molar-refractivity contribution is 0.171. The van der Waals surface area contributed by atoms with Gasteiger partial charge in [0.1, 0.15) is 6.10 Å². The molecule has 0 aliphatic carbocycles. The van der Waals surface area contributed by atoms with Crippen LogP contribution in [0.15, 0.2) is 12.4 Å². The predicted molar refractivity (Wildman–Crippen MR) is 71.1 cm³/mol. The van der Waals surface area contributed by atoms with Crippen LogP contribution in [0.4, 0.5) is 0 Å². The van der Waals surface area contributed by atoms with E-state index in [1.807, 2.05) is 14.0 Å². The highest BCUT2D eigenvalue weighted by Crippen LogP contribution is 2.29. The summed E-state index contributed by atoms with van der Waals surface area (Å²) in [4.78, 5) is 0. The van der Waals surface area contributed by atoms with Gasteiger partial charge >= 0.3 is 0 Å². The number of hydrogen-bond acceptors (Lipinski definition) is 4. The third-order valence-corrected chi connectivity index (χ3v) is 3.24. The van der Waals surface area contributed by atoms with E-state index in [2.05, 4.69) is 10.2 Å². The van der Waals surface area contributed by atoms with E-state index in [4.69, 9.17) is 16.3 Å². The molecule has 1 unspecified atom stereocenters. The lowest BCUT2D eigenvalue weighted by Gasteiger charge is -2.13. The van der Waals surface area contributed by atoms with Crippen molar-refractivity contribution < 1.29 is 9.84 Å². The fourth-order valence-electron chi connectivity index (χ4n) is 2.03. The Labute approximate surface area is 116 Å². The second kappa shape index (κ2) is 5.73. The summed E-state index contributed by atoms with van der Waals surface area (Å²) in [5, 5.41) is 19.3. The van der Waals surface area contributed by atoms with Crippen LogP contribution < -0.4 is 0 Å². The van der Waals surface area contributed by atoms with Gasteiger partial charge in [-0.25, -0.2) is 0 Å². The van der Waals surface area contributed by atoms with Gasteiger partial charge in [0.15, 0.2) is 0 Å². The Bertz CT molecular complexity index is 564. The molecular weight excluding hydrogens is 268 g/mol. The largest absolute Gasteiger partial charge is 0.383 e. The minimum absolute atomic E-state index is 0.437. The quantitative estimate of drug-likeness (QED) is 0.899. The molecule has 7 heteroatoms. The first-order valence-electron chi connectivity index (χ1n) is 5.93. The number of halogens is 1. The second-order valence-electron chi connectivity index (χ2n) is 4.34. The summed E-state index contributed by atoms with van der Waals surface area (Å²) in [6.07, 6.45) is 2.46. The van der Waals surface area contributed by atoms with Gasteiger partial charge in [0.2, 0.25) is 0 Å². The molecular formula is C12H17ClN4O2.